The van der Waals surface area contributed by atoms with Gasteiger partial charge in [0.2, 0.25) is 10.0 Å². The lowest BCUT2D eigenvalue weighted by atomic mass is 9.89. The Balaban J connectivity index is 3.07. The molecular formula is C15H24ClNO3S. The van der Waals surface area contributed by atoms with Crippen LogP contribution < -0.4 is 4.72 Å². The van der Waals surface area contributed by atoms with E-state index in [4.69, 9.17) is 11.6 Å². The van der Waals surface area contributed by atoms with E-state index in [9.17, 15) is 13.5 Å². The van der Waals surface area contributed by atoms with E-state index in [-0.39, 0.29) is 16.7 Å². The van der Waals surface area contributed by atoms with E-state index in [0.29, 0.717) is 5.02 Å². The van der Waals surface area contributed by atoms with E-state index in [0.717, 1.165) is 6.42 Å². The van der Waals surface area contributed by atoms with Crippen molar-refractivity contribution in [2.75, 3.05) is 0 Å². The largest absolute Gasteiger partial charge is 0.391 e. The Morgan fingerprint density at radius 1 is 1.29 bits per heavy atom. The molecule has 0 fully saturated rings. The van der Waals surface area contributed by atoms with Crippen LogP contribution in [0.1, 0.15) is 34.1 Å². The molecule has 0 bridgehead atoms. The normalized spacial score (nSPS) is 16.7. The monoisotopic (exact) mass is 333 g/mol. The Hall–Kier alpha value is -0.620. The van der Waals surface area contributed by atoms with Crippen molar-refractivity contribution < 1.29 is 13.5 Å². The average Bonchev–Trinajstić information content (AvgIpc) is 2.43. The lowest BCUT2D eigenvalue weighted by molar-refractivity contribution is 0.0703. The van der Waals surface area contributed by atoms with E-state index >= 15 is 0 Å². The van der Waals surface area contributed by atoms with Gasteiger partial charge in [0.15, 0.2) is 0 Å². The molecule has 0 radical (unpaired) electrons. The van der Waals surface area contributed by atoms with Gasteiger partial charge in [-0.15, -0.1) is 0 Å². The van der Waals surface area contributed by atoms with Gasteiger partial charge in [-0.05, 0) is 30.0 Å². The fraction of sp³-hybridized carbons (Fsp3) is 0.600. The van der Waals surface area contributed by atoms with E-state index in [1.165, 1.54) is 12.1 Å². The average molecular weight is 334 g/mol. The number of benzene rings is 1. The van der Waals surface area contributed by atoms with Gasteiger partial charge in [0, 0.05) is 5.02 Å². The molecule has 0 aliphatic heterocycles. The Kier molecular flexibility index (Phi) is 6.66. The smallest absolute Gasteiger partial charge is 0.240 e. The van der Waals surface area contributed by atoms with Crippen molar-refractivity contribution in [2.45, 2.75) is 51.2 Å². The molecule has 1 unspecified atom stereocenters. The van der Waals surface area contributed by atoms with Crippen molar-refractivity contribution in [1.29, 1.82) is 0 Å². The third kappa shape index (κ3) is 4.95. The van der Waals surface area contributed by atoms with Crippen LogP contribution in [0.5, 0.6) is 0 Å². The van der Waals surface area contributed by atoms with Gasteiger partial charge >= 0.3 is 0 Å². The third-order valence-electron chi connectivity index (χ3n) is 3.71. The molecule has 0 aliphatic carbocycles. The van der Waals surface area contributed by atoms with Gasteiger partial charge in [-0.3, -0.25) is 0 Å². The molecule has 0 saturated heterocycles. The quantitative estimate of drug-likeness (QED) is 0.806. The summed E-state index contributed by atoms with van der Waals surface area (Å²) in [4.78, 5) is 0.110. The van der Waals surface area contributed by atoms with Gasteiger partial charge in [0.25, 0.3) is 0 Å². The number of rotatable bonds is 7. The van der Waals surface area contributed by atoms with Crippen LogP contribution in [0.3, 0.4) is 0 Å². The van der Waals surface area contributed by atoms with E-state index in [2.05, 4.69) is 4.72 Å². The van der Waals surface area contributed by atoms with Gasteiger partial charge in [0.05, 0.1) is 17.0 Å². The first-order valence-corrected chi connectivity index (χ1v) is 9.01. The molecule has 120 valence electrons. The van der Waals surface area contributed by atoms with E-state index in [1.807, 2.05) is 27.7 Å². The van der Waals surface area contributed by atoms with E-state index < -0.39 is 22.2 Å². The van der Waals surface area contributed by atoms with Gasteiger partial charge in [-0.25, -0.2) is 13.1 Å². The highest BCUT2D eigenvalue weighted by molar-refractivity contribution is 7.89. The Morgan fingerprint density at radius 2 is 1.90 bits per heavy atom. The highest BCUT2D eigenvalue weighted by Crippen LogP contribution is 2.21. The standard InChI is InChI=1S/C15H24ClNO3S/c1-5-11(4)14(15(18)10(2)3)17-21(19,20)13-8-6-7-12(16)9-13/h6-11,14-15,17-18H,5H2,1-4H3/t11-,14-,15?/m0/s1. The number of halogens is 1. The maximum absolute atomic E-state index is 12.5. The summed E-state index contributed by atoms with van der Waals surface area (Å²) in [6.07, 6.45) is 0.0286. The molecule has 21 heavy (non-hydrogen) atoms. The molecular weight excluding hydrogens is 310 g/mol. The third-order valence-corrected chi connectivity index (χ3v) is 5.40. The number of nitrogens with one attached hydrogen (secondary N) is 1. The van der Waals surface area contributed by atoms with Crippen molar-refractivity contribution in [3.63, 3.8) is 0 Å². The summed E-state index contributed by atoms with van der Waals surface area (Å²) in [7, 11) is -3.71. The molecule has 3 atom stereocenters. The number of hydrogen-bond donors (Lipinski definition) is 2. The molecule has 4 nitrogen and oxygen atoms in total. The lowest BCUT2D eigenvalue weighted by Crippen LogP contribution is -2.49. The van der Waals surface area contributed by atoms with Crippen LogP contribution >= 0.6 is 11.6 Å². The molecule has 1 aromatic carbocycles. The van der Waals surface area contributed by atoms with Crippen LogP contribution in [0.4, 0.5) is 0 Å². The van der Waals surface area contributed by atoms with E-state index in [1.54, 1.807) is 12.1 Å². The minimum atomic E-state index is -3.71. The second-order valence-electron chi connectivity index (χ2n) is 5.72. The Bertz CT molecular complexity index is 560. The maximum Gasteiger partial charge on any atom is 0.240 e. The first-order valence-electron chi connectivity index (χ1n) is 7.15. The molecule has 0 aromatic heterocycles. The zero-order chi connectivity index (χ0) is 16.2. The summed E-state index contributed by atoms with van der Waals surface area (Å²) < 4.78 is 27.6. The van der Waals surface area contributed by atoms with Crippen LogP contribution in [0.2, 0.25) is 5.02 Å². The number of hydrogen-bond acceptors (Lipinski definition) is 3. The van der Waals surface area contributed by atoms with Gasteiger partial charge in [0.1, 0.15) is 0 Å². The number of aliphatic hydroxyl groups excluding tert-OH is 1. The van der Waals surface area contributed by atoms with Crippen LogP contribution in [0.25, 0.3) is 0 Å². The SMILES string of the molecule is CC[C@H](C)[C@H](NS(=O)(=O)c1cccc(Cl)c1)C(O)C(C)C. The fourth-order valence-electron chi connectivity index (χ4n) is 2.07. The first-order chi connectivity index (χ1) is 9.69. The molecule has 1 rings (SSSR count). The highest BCUT2D eigenvalue weighted by Gasteiger charge is 2.31. The predicted octanol–water partition coefficient (Wildman–Crippen LogP) is 3.05. The maximum atomic E-state index is 12.5. The second-order valence-corrected chi connectivity index (χ2v) is 7.88. The molecule has 0 amide bonds. The van der Waals surface area contributed by atoms with Crippen molar-refractivity contribution in [3.8, 4) is 0 Å². The molecule has 2 N–H and O–H groups in total. The van der Waals surface area contributed by atoms with Crippen LogP contribution in [-0.4, -0.2) is 25.7 Å². The fourth-order valence-corrected chi connectivity index (χ4v) is 3.73. The number of aliphatic hydroxyl groups is 1. The van der Waals surface area contributed by atoms with Crippen LogP contribution in [0, 0.1) is 11.8 Å². The van der Waals surface area contributed by atoms with Crippen molar-refractivity contribution in [2.24, 2.45) is 11.8 Å². The zero-order valence-corrected chi connectivity index (χ0v) is 14.4. The lowest BCUT2D eigenvalue weighted by Gasteiger charge is -2.31. The molecule has 6 heteroatoms. The Morgan fingerprint density at radius 3 is 2.38 bits per heavy atom. The van der Waals surface area contributed by atoms with Gasteiger partial charge < -0.3 is 5.11 Å². The molecule has 0 aliphatic rings. The summed E-state index contributed by atoms with van der Waals surface area (Å²) >= 11 is 5.85. The Labute approximate surface area is 132 Å². The molecule has 0 spiro atoms. The van der Waals surface area contributed by atoms with Crippen molar-refractivity contribution in [3.05, 3.63) is 29.3 Å². The minimum absolute atomic E-state index is 0.0244. The van der Waals surface area contributed by atoms with Crippen LogP contribution in [0.15, 0.2) is 29.2 Å². The van der Waals surface area contributed by atoms with Gasteiger partial charge in [-0.1, -0.05) is 51.8 Å². The van der Waals surface area contributed by atoms with Gasteiger partial charge in [-0.2, -0.15) is 0 Å². The molecule has 0 saturated carbocycles. The van der Waals surface area contributed by atoms with Crippen molar-refractivity contribution >= 4 is 21.6 Å². The number of sulfonamides is 1. The summed E-state index contributed by atoms with van der Waals surface area (Å²) in [5.74, 6) is -0.0116. The van der Waals surface area contributed by atoms with Crippen LogP contribution in [-0.2, 0) is 10.0 Å². The second kappa shape index (κ2) is 7.58. The summed E-state index contributed by atoms with van der Waals surface area (Å²) in [6.45, 7) is 7.64. The summed E-state index contributed by atoms with van der Waals surface area (Å²) in [5.41, 5.74) is 0. The summed E-state index contributed by atoms with van der Waals surface area (Å²) in [6, 6.07) is 5.58. The molecule has 0 heterocycles. The first kappa shape index (κ1) is 18.4. The minimum Gasteiger partial charge on any atom is -0.391 e. The zero-order valence-electron chi connectivity index (χ0n) is 12.9. The topological polar surface area (TPSA) is 66.4 Å². The molecule has 1 aromatic rings. The predicted molar refractivity (Wildman–Crippen MR) is 85.9 cm³/mol. The van der Waals surface area contributed by atoms with Crippen molar-refractivity contribution in [1.82, 2.24) is 4.72 Å². The highest BCUT2D eigenvalue weighted by atomic mass is 35.5. The summed E-state index contributed by atoms with van der Waals surface area (Å²) in [5, 5.41) is 10.7.